The first-order valence-corrected chi connectivity index (χ1v) is 3.87. The summed E-state index contributed by atoms with van der Waals surface area (Å²) in [6, 6.07) is 0. The van der Waals surface area contributed by atoms with Crippen molar-refractivity contribution in [2.24, 2.45) is 4.99 Å². The van der Waals surface area contributed by atoms with Crippen LogP contribution in [0.15, 0.2) is 4.99 Å². The van der Waals surface area contributed by atoms with Gasteiger partial charge in [-0.2, -0.15) is 9.79 Å². The molecule has 0 unspecified atom stereocenters. The van der Waals surface area contributed by atoms with E-state index >= 15 is 0 Å². The van der Waals surface area contributed by atoms with E-state index in [-0.39, 0.29) is 12.1 Å². The average Bonchev–Trinajstić information content (AvgIpc) is 2.47. The third kappa shape index (κ3) is 2.45. The van der Waals surface area contributed by atoms with Crippen molar-refractivity contribution in [2.75, 3.05) is 0 Å². The lowest BCUT2D eigenvalue weighted by molar-refractivity contribution is 0.305. The summed E-state index contributed by atoms with van der Waals surface area (Å²) in [6.45, 7) is 6.02. The summed E-state index contributed by atoms with van der Waals surface area (Å²) < 4.78 is 0. The lowest BCUT2D eigenvalue weighted by Crippen LogP contribution is -2.24. The Kier molecular flexibility index (Phi) is 2.53. The van der Waals surface area contributed by atoms with Gasteiger partial charge in [-0.3, -0.25) is 0 Å². The number of nitrogens with zero attached hydrogens (tertiary/aromatic N) is 5. The Balaban J connectivity index is 2.80. The molecular weight excluding hydrogens is 170 g/mol. The first-order chi connectivity index (χ1) is 6.04. The molecule has 0 atom stereocenters. The van der Waals surface area contributed by atoms with Gasteiger partial charge in [0.05, 0.1) is 5.54 Å². The van der Waals surface area contributed by atoms with Crippen molar-refractivity contribution < 1.29 is 4.79 Å². The molecule has 6 heteroatoms. The van der Waals surface area contributed by atoms with Gasteiger partial charge < -0.3 is 0 Å². The largest absolute Gasteiger partial charge is 0.235 e. The van der Waals surface area contributed by atoms with Crippen LogP contribution in [-0.2, 0) is 16.9 Å². The highest BCUT2D eigenvalue weighted by atomic mass is 16.1. The lowest BCUT2D eigenvalue weighted by atomic mass is 10.1. The summed E-state index contributed by atoms with van der Waals surface area (Å²) in [6.07, 6.45) is 1.42. The molecule has 6 nitrogen and oxygen atoms in total. The van der Waals surface area contributed by atoms with Crippen molar-refractivity contribution in [2.45, 2.75) is 32.9 Å². The summed E-state index contributed by atoms with van der Waals surface area (Å²) in [5.74, 6) is 0.429. The Labute approximate surface area is 75.7 Å². The lowest BCUT2D eigenvalue weighted by Gasteiger charge is -2.15. The number of rotatable bonds is 2. The van der Waals surface area contributed by atoms with Crippen LogP contribution in [0.25, 0.3) is 0 Å². The topological polar surface area (TPSA) is 73.0 Å². The van der Waals surface area contributed by atoms with E-state index in [2.05, 4.69) is 20.4 Å². The van der Waals surface area contributed by atoms with Gasteiger partial charge in [0.15, 0.2) is 5.82 Å². The molecule has 1 aromatic heterocycles. The molecule has 1 rings (SSSR count). The van der Waals surface area contributed by atoms with Crippen LogP contribution in [0.2, 0.25) is 0 Å². The third-order valence-corrected chi connectivity index (χ3v) is 1.34. The maximum absolute atomic E-state index is 9.81. The smallest absolute Gasteiger partial charge is 0.211 e. The van der Waals surface area contributed by atoms with E-state index in [9.17, 15) is 4.79 Å². The van der Waals surface area contributed by atoms with Crippen LogP contribution >= 0.6 is 0 Å². The van der Waals surface area contributed by atoms with Crippen LogP contribution in [0.3, 0.4) is 0 Å². The zero-order valence-electron chi connectivity index (χ0n) is 7.85. The molecule has 0 aliphatic rings. The highest BCUT2D eigenvalue weighted by Crippen LogP contribution is 2.08. The van der Waals surface area contributed by atoms with E-state index in [1.807, 2.05) is 20.8 Å². The normalized spacial score (nSPS) is 11.0. The van der Waals surface area contributed by atoms with Crippen LogP contribution in [0.4, 0.5) is 0 Å². The Bertz CT molecular complexity index is 331. The highest BCUT2D eigenvalue weighted by molar-refractivity contribution is 5.32. The molecule has 13 heavy (non-hydrogen) atoms. The summed E-state index contributed by atoms with van der Waals surface area (Å²) in [4.78, 5) is 14.6. The maximum Gasteiger partial charge on any atom is 0.235 e. The second-order valence-corrected chi connectivity index (χ2v) is 3.57. The van der Waals surface area contributed by atoms with Crippen molar-refractivity contribution in [1.29, 1.82) is 0 Å². The molecule has 1 aromatic rings. The molecule has 0 N–H and O–H groups in total. The van der Waals surface area contributed by atoms with E-state index in [1.165, 1.54) is 10.9 Å². The number of aliphatic imine (C=N–C) groups is 1. The zero-order valence-corrected chi connectivity index (χ0v) is 7.85. The molecule has 0 saturated carbocycles. The number of tetrazole rings is 1. The predicted molar refractivity (Wildman–Crippen MR) is 44.6 cm³/mol. The van der Waals surface area contributed by atoms with Gasteiger partial charge in [-0.25, -0.2) is 4.79 Å². The Morgan fingerprint density at radius 3 is 2.69 bits per heavy atom. The molecule has 0 aromatic carbocycles. The van der Waals surface area contributed by atoms with Crippen molar-refractivity contribution >= 4 is 6.08 Å². The van der Waals surface area contributed by atoms with E-state index < -0.39 is 0 Å². The van der Waals surface area contributed by atoms with E-state index in [0.717, 1.165) is 0 Å². The van der Waals surface area contributed by atoms with Crippen molar-refractivity contribution in [3.8, 4) is 0 Å². The molecule has 0 aliphatic heterocycles. The summed E-state index contributed by atoms with van der Waals surface area (Å²) in [5.41, 5.74) is -0.198. The Morgan fingerprint density at radius 1 is 1.54 bits per heavy atom. The monoisotopic (exact) mass is 181 g/mol. The van der Waals surface area contributed by atoms with Gasteiger partial charge in [0.25, 0.3) is 0 Å². The fourth-order valence-corrected chi connectivity index (χ4v) is 0.694. The molecule has 0 amide bonds. The number of hydrogen-bond donors (Lipinski definition) is 0. The quantitative estimate of drug-likeness (QED) is 0.484. The number of aromatic nitrogens is 4. The second-order valence-electron chi connectivity index (χ2n) is 3.57. The second kappa shape index (κ2) is 3.45. The van der Waals surface area contributed by atoms with Gasteiger partial charge in [0.1, 0.15) is 6.54 Å². The number of hydrogen-bond acceptors (Lipinski definition) is 5. The van der Waals surface area contributed by atoms with Gasteiger partial charge in [0.2, 0.25) is 6.08 Å². The van der Waals surface area contributed by atoms with E-state index in [1.54, 1.807) is 0 Å². The molecule has 0 radical (unpaired) electrons. The first kappa shape index (κ1) is 9.54. The molecule has 0 aliphatic carbocycles. The standard InChI is InChI=1S/C7H11N5O/c1-7(2,3)12-10-6(9-11-12)4-8-5-13/h4H2,1-3H3. The van der Waals surface area contributed by atoms with Crippen LogP contribution < -0.4 is 0 Å². The van der Waals surface area contributed by atoms with Crippen LogP contribution in [0, 0.1) is 0 Å². The van der Waals surface area contributed by atoms with Crippen molar-refractivity contribution in [1.82, 2.24) is 20.2 Å². The summed E-state index contributed by atoms with van der Waals surface area (Å²) >= 11 is 0. The molecule has 0 saturated heterocycles. The molecule has 1 heterocycles. The molecule has 0 bridgehead atoms. The fraction of sp³-hybridized carbons (Fsp3) is 0.714. The maximum atomic E-state index is 9.81. The first-order valence-electron chi connectivity index (χ1n) is 3.87. The van der Waals surface area contributed by atoms with Gasteiger partial charge in [-0.15, -0.1) is 10.2 Å². The average molecular weight is 181 g/mol. The summed E-state index contributed by atoms with van der Waals surface area (Å²) in [5, 5.41) is 11.6. The van der Waals surface area contributed by atoms with Gasteiger partial charge in [-0.05, 0) is 26.0 Å². The van der Waals surface area contributed by atoms with Crippen LogP contribution in [-0.4, -0.2) is 26.3 Å². The highest BCUT2D eigenvalue weighted by Gasteiger charge is 2.16. The fourth-order valence-electron chi connectivity index (χ4n) is 0.694. The minimum Gasteiger partial charge on any atom is -0.211 e. The van der Waals surface area contributed by atoms with E-state index in [0.29, 0.717) is 5.82 Å². The minimum absolute atomic E-state index is 0.138. The minimum atomic E-state index is -0.198. The molecular formula is C7H11N5O. The summed E-state index contributed by atoms with van der Waals surface area (Å²) in [7, 11) is 0. The number of isocyanates is 1. The predicted octanol–water partition coefficient (Wildman–Crippen LogP) is 0.264. The third-order valence-electron chi connectivity index (χ3n) is 1.34. The molecule has 0 spiro atoms. The SMILES string of the molecule is CC(C)(C)n1nnc(CN=C=O)n1. The van der Waals surface area contributed by atoms with Crippen molar-refractivity contribution in [3.05, 3.63) is 5.82 Å². The molecule has 70 valence electrons. The van der Waals surface area contributed by atoms with Gasteiger partial charge in [-0.1, -0.05) is 0 Å². The van der Waals surface area contributed by atoms with Gasteiger partial charge in [0, 0.05) is 0 Å². The number of carbonyl (C=O) groups excluding carboxylic acids is 1. The molecule has 0 fully saturated rings. The van der Waals surface area contributed by atoms with E-state index in [4.69, 9.17) is 0 Å². The van der Waals surface area contributed by atoms with Gasteiger partial charge >= 0.3 is 0 Å². The van der Waals surface area contributed by atoms with Crippen LogP contribution in [0.1, 0.15) is 26.6 Å². The Hall–Kier alpha value is -1.55. The van der Waals surface area contributed by atoms with Crippen LogP contribution in [0.5, 0.6) is 0 Å². The zero-order chi connectivity index (χ0) is 9.90. The van der Waals surface area contributed by atoms with Crippen molar-refractivity contribution in [3.63, 3.8) is 0 Å². The Morgan fingerprint density at radius 2 is 2.23 bits per heavy atom.